The minimum absolute atomic E-state index is 0.249. The van der Waals surface area contributed by atoms with Crippen molar-refractivity contribution in [1.82, 2.24) is 9.88 Å². The molecule has 168 valence electrons. The van der Waals surface area contributed by atoms with Gasteiger partial charge in [0.2, 0.25) is 0 Å². The van der Waals surface area contributed by atoms with Crippen LogP contribution >= 0.6 is 11.3 Å². The van der Waals surface area contributed by atoms with Crippen LogP contribution in [0.25, 0.3) is 10.2 Å². The third-order valence-corrected chi connectivity index (χ3v) is 6.23. The lowest BCUT2D eigenvalue weighted by molar-refractivity contribution is 0.102. The van der Waals surface area contributed by atoms with Gasteiger partial charge in [0, 0.05) is 32.2 Å². The fourth-order valence-corrected chi connectivity index (χ4v) is 4.53. The first kappa shape index (κ1) is 21.8. The number of fused-ring (bicyclic) bond motifs is 1. The van der Waals surface area contributed by atoms with Crippen molar-refractivity contribution in [3.8, 4) is 5.75 Å². The lowest BCUT2D eigenvalue weighted by atomic mass is 10.1. The number of morpholine rings is 1. The number of carbonyl (C=O) groups excluding carboxylic acids is 1. The van der Waals surface area contributed by atoms with E-state index in [4.69, 9.17) is 14.6 Å². The summed E-state index contributed by atoms with van der Waals surface area (Å²) in [4.78, 5) is 31.8. The van der Waals surface area contributed by atoms with Crippen LogP contribution in [0.3, 0.4) is 0 Å². The zero-order valence-corrected chi connectivity index (χ0v) is 18.6. The van der Waals surface area contributed by atoms with Crippen LogP contribution in [-0.2, 0) is 11.3 Å². The first-order chi connectivity index (χ1) is 15.5. The van der Waals surface area contributed by atoms with Gasteiger partial charge in [-0.1, -0.05) is 23.5 Å². The molecule has 1 fully saturated rings. The molecule has 0 saturated carbocycles. The van der Waals surface area contributed by atoms with E-state index in [0.717, 1.165) is 29.0 Å². The molecule has 0 bridgehead atoms. The molecule has 2 heterocycles. The minimum Gasteiger partial charge on any atom is -0.494 e. The topological polar surface area (TPSA) is 104 Å². The van der Waals surface area contributed by atoms with Crippen LogP contribution < -0.4 is 15.0 Å². The lowest BCUT2D eigenvalue weighted by Gasteiger charge is -2.29. The summed E-state index contributed by atoms with van der Waals surface area (Å²) in [6.45, 7) is 3.19. The molecule has 10 heteroatoms. The zero-order chi connectivity index (χ0) is 22.7. The van der Waals surface area contributed by atoms with E-state index in [0.29, 0.717) is 35.2 Å². The summed E-state index contributed by atoms with van der Waals surface area (Å²) in [5, 5.41) is 12.3. The van der Waals surface area contributed by atoms with E-state index in [9.17, 15) is 9.59 Å². The monoisotopic (exact) mass is 456 g/mol. The summed E-state index contributed by atoms with van der Waals surface area (Å²) >= 11 is 1.41. The number of ether oxygens (including phenoxy) is 2. The van der Waals surface area contributed by atoms with Crippen LogP contribution in [0.1, 0.15) is 15.9 Å². The van der Waals surface area contributed by atoms with Gasteiger partial charge < -0.3 is 24.4 Å². The van der Waals surface area contributed by atoms with Crippen LogP contribution in [0.15, 0.2) is 36.4 Å². The fourth-order valence-electron chi connectivity index (χ4n) is 3.51. The van der Waals surface area contributed by atoms with Crippen molar-refractivity contribution in [1.29, 1.82) is 0 Å². The molecule has 2 aromatic carbocycles. The van der Waals surface area contributed by atoms with E-state index in [1.165, 1.54) is 23.3 Å². The molecule has 1 aromatic heterocycles. The Bertz CT molecular complexity index is 1130. The Kier molecular flexibility index (Phi) is 6.42. The molecular weight excluding hydrogens is 432 g/mol. The van der Waals surface area contributed by atoms with Crippen molar-refractivity contribution in [2.75, 3.05) is 50.7 Å². The first-order valence-electron chi connectivity index (χ1n) is 10.1. The summed E-state index contributed by atoms with van der Waals surface area (Å²) in [5.41, 5.74) is 3.02. The van der Waals surface area contributed by atoms with Gasteiger partial charge in [-0.05, 0) is 29.8 Å². The number of carbonyl (C=O) groups is 2. The molecule has 9 nitrogen and oxygen atoms in total. The Hall–Kier alpha value is -3.37. The predicted octanol–water partition coefficient (Wildman–Crippen LogP) is 3.50. The van der Waals surface area contributed by atoms with E-state index < -0.39 is 6.09 Å². The molecule has 2 amide bonds. The maximum Gasteiger partial charge on any atom is 0.407 e. The third-order valence-electron chi connectivity index (χ3n) is 5.24. The van der Waals surface area contributed by atoms with Crippen LogP contribution in [0.2, 0.25) is 0 Å². The molecular formula is C22H24N4O5S. The second-order valence-electron chi connectivity index (χ2n) is 7.37. The highest BCUT2D eigenvalue weighted by Gasteiger charge is 2.20. The molecule has 0 aliphatic carbocycles. The summed E-state index contributed by atoms with van der Waals surface area (Å²) in [6.07, 6.45) is -1.01. The Balaban J connectivity index is 1.54. The number of nitrogens with zero attached hydrogens (tertiary/aromatic N) is 3. The van der Waals surface area contributed by atoms with E-state index in [-0.39, 0.29) is 12.5 Å². The standard InChI is InChI=1S/C22H24N4O5S/c1-25(22(28)29)13-14-3-5-15(6-4-14)20(27)24-21-23-18-17(30-2)8-7-16(19(18)32-21)26-9-11-31-12-10-26/h3-8H,9-13H2,1-2H3,(H,28,29)(H,23,24,27). The van der Waals surface area contributed by atoms with E-state index in [1.54, 1.807) is 31.4 Å². The van der Waals surface area contributed by atoms with Crippen molar-refractivity contribution in [3.05, 3.63) is 47.5 Å². The number of hydrogen-bond donors (Lipinski definition) is 2. The Morgan fingerprint density at radius 2 is 1.94 bits per heavy atom. The van der Waals surface area contributed by atoms with Crippen LogP contribution in [0.5, 0.6) is 5.75 Å². The van der Waals surface area contributed by atoms with Crippen LogP contribution in [0, 0.1) is 0 Å². The number of aromatic nitrogens is 1. The summed E-state index contributed by atoms with van der Waals surface area (Å²) in [7, 11) is 3.10. The van der Waals surface area contributed by atoms with Crippen molar-refractivity contribution in [2.24, 2.45) is 0 Å². The first-order valence-corrected chi connectivity index (χ1v) is 10.9. The Morgan fingerprint density at radius 1 is 1.22 bits per heavy atom. The van der Waals surface area contributed by atoms with Gasteiger partial charge in [0.1, 0.15) is 11.3 Å². The summed E-state index contributed by atoms with van der Waals surface area (Å²) in [5.74, 6) is 0.370. The number of thiazole rings is 1. The number of carboxylic acid groups (broad SMARTS) is 1. The number of benzene rings is 2. The average Bonchev–Trinajstić information content (AvgIpc) is 3.22. The maximum atomic E-state index is 12.8. The highest BCUT2D eigenvalue weighted by molar-refractivity contribution is 7.23. The Morgan fingerprint density at radius 3 is 2.59 bits per heavy atom. The van der Waals surface area contributed by atoms with Crippen molar-refractivity contribution < 1.29 is 24.2 Å². The van der Waals surface area contributed by atoms with Crippen LogP contribution in [0.4, 0.5) is 15.6 Å². The second kappa shape index (κ2) is 9.41. The lowest BCUT2D eigenvalue weighted by Crippen LogP contribution is -2.36. The third kappa shape index (κ3) is 4.61. The normalized spacial score (nSPS) is 13.8. The van der Waals surface area contributed by atoms with Gasteiger partial charge in [-0.2, -0.15) is 0 Å². The number of rotatable bonds is 6. The van der Waals surface area contributed by atoms with Crippen molar-refractivity contribution >= 4 is 44.4 Å². The average molecular weight is 457 g/mol. The molecule has 3 aromatic rings. The zero-order valence-electron chi connectivity index (χ0n) is 17.8. The SMILES string of the molecule is COc1ccc(N2CCOCC2)c2sc(NC(=O)c3ccc(CN(C)C(=O)O)cc3)nc12. The Labute approximate surface area is 189 Å². The van der Waals surface area contributed by atoms with Gasteiger partial charge in [-0.15, -0.1) is 0 Å². The molecule has 32 heavy (non-hydrogen) atoms. The smallest absolute Gasteiger partial charge is 0.407 e. The van der Waals surface area contributed by atoms with Crippen molar-refractivity contribution in [2.45, 2.75) is 6.54 Å². The van der Waals surface area contributed by atoms with E-state index >= 15 is 0 Å². The molecule has 1 aliphatic heterocycles. The van der Waals surface area contributed by atoms with Gasteiger partial charge in [0.15, 0.2) is 5.13 Å². The van der Waals surface area contributed by atoms with Gasteiger partial charge >= 0.3 is 6.09 Å². The number of methoxy groups -OCH3 is 1. The number of amides is 2. The van der Waals surface area contributed by atoms with E-state index in [2.05, 4.69) is 15.2 Å². The maximum absolute atomic E-state index is 12.8. The molecule has 1 saturated heterocycles. The molecule has 2 N–H and O–H groups in total. The predicted molar refractivity (Wildman–Crippen MR) is 123 cm³/mol. The minimum atomic E-state index is -1.01. The highest BCUT2D eigenvalue weighted by Crippen LogP contribution is 2.39. The number of nitrogens with one attached hydrogen (secondary N) is 1. The molecule has 1 aliphatic rings. The number of hydrogen-bond acceptors (Lipinski definition) is 7. The number of anilines is 2. The van der Waals surface area contributed by atoms with Gasteiger partial charge in [-0.3, -0.25) is 10.1 Å². The summed E-state index contributed by atoms with van der Waals surface area (Å²) in [6, 6.07) is 10.7. The van der Waals surface area contributed by atoms with E-state index in [1.807, 2.05) is 12.1 Å². The quantitative estimate of drug-likeness (QED) is 0.585. The largest absolute Gasteiger partial charge is 0.494 e. The molecule has 0 atom stereocenters. The van der Waals surface area contributed by atoms with Crippen LogP contribution in [-0.4, -0.2) is 67.5 Å². The van der Waals surface area contributed by atoms with Gasteiger partial charge in [-0.25, -0.2) is 9.78 Å². The second-order valence-corrected chi connectivity index (χ2v) is 8.37. The summed E-state index contributed by atoms with van der Waals surface area (Å²) < 4.78 is 11.9. The highest BCUT2D eigenvalue weighted by atomic mass is 32.1. The molecule has 0 radical (unpaired) electrons. The fraction of sp³-hybridized carbons (Fsp3) is 0.318. The molecule has 0 spiro atoms. The van der Waals surface area contributed by atoms with Gasteiger partial charge in [0.05, 0.1) is 30.7 Å². The molecule has 0 unspecified atom stereocenters. The van der Waals surface area contributed by atoms with Crippen molar-refractivity contribution in [3.63, 3.8) is 0 Å². The molecule has 4 rings (SSSR count). The van der Waals surface area contributed by atoms with Gasteiger partial charge in [0.25, 0.3) is 5.91 Å².